The van der Waals surface area contributed by atoms with Crippen molar-refractivity contribution in [2.24, 2.45) is 5.73 Å². The summed E-state index contributed by atoms with van der Waals surface area (Å²) >= 11 is 0. The third-order valence-electron chi connectivity index (χ3n) is 3.36. The maximum Gasteiger partial charge on any atom is 0.0896 e. The van der Waals surface area contributed by atoms with Crippen LogP contribution in [0.4, 0.5) is 5.69 Å². The molecule has 5 nitrogen and oxygen atoms in total. The number of pyridine rings is 1. The first-order valence-corrected chi connectivity index (χ1v) is 6.51. The lowest BCUT2D eigenvalue weighted by Gasteiger charge is -2.35. The van der Waals surface area contributed by atoms with Crippen LogP contribution in [0.5, 0.6) is 0 Å². The zero-order chi connectivity index (χ0) is 13.0. The Morgan fingerprint density at radius 2 is 2.44 bits per heavy atom. The SMILES string of the molecule is CCCN1CCOC(C(N)c2cnccc2N)C1. The molecule has 2 heterocycles. The van der Waals surface area contributed by atoms with Crippen molar-refractivity contribution in [2.45, 2.75) is 25.5 Å². The summed E-state index contributed by atoms with van der Waals surface area (Å²) in [5.74, 6) is 0. The van der Waals surface area contributed by atoms with Gasteiger partial charge in [0.15, 0.2) is 0 Å². The Balaban J connectivity index is 2.04. The molecule has 0 amide bonds. The van der Waals surface area contributed by atoms with E-state index >= 15 is 0 Å². The largest absolute Gasteiger partial charge is 0.398 e. The van der Waals surface area contributed by atoms with Crippen LogP contribution in [0, 0.1) is 0 Å². The van der Waals surface area contributed by atoms with E-state index in [4.69, 9.17) is 16.2 Å². The van der Waals surface area contributed by atoms with Crippen LogP contribution in [-0.2, 0) is 4.74 Å². The maximum atomic E-state index is 6.26. The fourth-order valence-electron chi connectivity index (χ4n) is 2.36. The van der Waals surface area contributed by atoms with Crippen LogP contribution in [0.3, 0.4) is 0 Å². The molecule has 0 aromatic carbocycles. The minimum Gasteiger partial charge on any atom is -0.398 e. The van der Waals surface area contributed by atoms with Gasteiger partial charge in [0.05, 0.1) is 18.8 Å². The molecule has 2 atom stereocenters. The number of aromatic nitrogens is 1. The lowest BCUT2D eigenvalue weighted by molar-refractivity contribution is -0.0407. The van der Waals surface area contributed by atoms with E-state index in [9.17, 15) is 0 Å². The second kappa shape index (κ2) is 6.13. The number of morpholine rings is 1. The third kappa shape index (κ3) is 2.98. The summed E-state index contributed by atoms with van der Waals surface area (Å²) in [5, 5.41) is 0. The first-order valence-electron chi connectivity index (χ1n) is 6.51. The molecule has 2 rings (SSSR count). The second-order valence-electron chi connectivity index (χ2n) is 4.74. The van der Waals surface area contributed by atoms with Gasteiger partial charge in [0.25, 0.3) is 0 Å². The molecule has 1 aliphatic rings. The van der Waals surface area contributed by atoms with Crippen molar-refractivity contribution in [3.05, 3.63) is 24.0 Å². The number of nitrogens with zero attached hydrogens (tertiary/aromatic N) is 2. The molecular formula is C13H22N4O. The van der Waals surface area contributed by atoms with Gasteiger partial charge in [-0.3, -0.25) is 9.88 Å². The highest BCUT2D eigenvalue weighted by Gasteiger charge is 2.27. The first kappa shape index (κ1) is 13.3. The van der Waals surface area contributed by atoms with Crippen LogP contribution in [-0.4, -0.2) is 42.2 Å². The number of ether oxygens (including phenoxy) is 1. The van der Waals surface area contributed by atoms with E-state index in [1.807, 2.05) is 0 Å². The van der Waals surface area contributed by atoms with Crippen molar-refractivity contribution < 1.29 is 4.74 Å². The molecule has 0 aliphatic carbocycles. The van der Waals surface area contributed by atoms with E-state index < -0.39 is 0 Å². The van der Waals surface area contributed by atoms with E-state index in [1.165, 1.54) is 0 Å². The van der Waals surface area contributed by atoms with Crippen LogP contribution in [0.1, 0.15) is 24.9 Å². The van der Waals surface area contributed by atoms with E-state index in [0.29, 0.717) is 5.69 Å². The molecule has 1 aliphatic heterocycles. The summed E-state index contributed by atoms with van der Waals surface area (Å²) in [6, 6.07) is 1.57. The Morgan fingerprint density at radius 3 is 3.17 bits per heavy atom. The molecule has 0 spiro atoms. The zero-order valence-corrected chi connectivity index (χ0v) is 10.9. The van der Waals surface area contributed by atoms with Gasteiger partial charge in [0, 0.05) is 36.7 Å². The highest BCUT2D eigenvalue weighted by molar-refractivity contribution is 5.46. The predicted octanol–water partition coefficient (Wildman–Crippen LogP) is 0.774. The van der Waals surface area contributed by atoms with Crippen LogP contribution in [0.15, 0.2) is 18.5 Å². The number of rotatable bonds is 4. The van der Waals surface area contributed by atoms with Gasteiger partial charge in [0.2, 0.25) is 0 Å². The summed E-state index contributed by atoms with van der Waals surface area (Å²) in [6.45, 7) is 5.86. The van der Waals surface area contributed by atoms with Crippen LogP contribution in [0.25, 0.3) is 0 Å². The summed E-state index contributed by atoms with van der Waals surface area (Å²) in [4.78, 5) is 6.48. The number of hydrogen-bond acceptors (Lipinski definition) is 5. The Morgan fingerprint density at radius 1 is 1.61 bits per heavy atom. The summed E-state index contributed by atoms with van der Waals surface area (Å²) in [7, 11) is 0. The fourth-order valence-corrected chi connectivity index (χ4v) is 2.36. The molecule has 5 heteroatoms. The van der Waals surface area contributed by atoms with Crippen molar-refractivity contribution >= 4 is 5.69 Å². The summed E-state index contributed by atoms with van der Waals surface area (Å²) < 4.78 is 5.78. The van der Waals surface area contributed by atoms with Crippen molar-refractivity contribution in [3.63, 3.8) is 0 Å². The van der Waals surface area contributed by atoms with Crippen molar-refractivity contribution in [1.82, 2.24) is 9.88 Å². The highest BCUT2D eigenvalue weighted by atomic mass is 16.5. The van der Waals surface area contributed by atoms with Gasteiger partial charge in [-0.15, -0.1) is 0 Å². The first-order chi connectivity index (χ1) is 8.72. The van der Waals surface area contributed by atoms with E-state index in [2.05, 4.69) is 16.8 Å². The van der Waals surface area contributed by atoms with E-state index in [1.54, 1.807) is 18.5 Å². The van der Waals surface area contributed by atoms with Crippen LogP contribution >= 0.6 is 0 Å². The van der Waals surface area contributed by atoms with Gasteiger partial charge in [-0.1, -0.05) is 6.92 Å². The normalized spacial score (nSPS) is 22.9. The monoisotopic (exact) mass is 250 g/mol. The van der Waals surface area contributed by atoms with Gasteiger partial charge < -0.3 is 16.2 Å². The summed E-state index contributed by atoms with van der Waals surface area (Å²) in [6.07, 6.45) is 4.56. The van der Waals surface area contributed by atoms with E-state index in [0.717, 1.165) is 38.2 Å². The van der Waals surface area contributed by atoms with E-state index in [-0.39, 0.29) is 12.1 Å². The van der Waals surface area contributed by atoms with Crippen molar-refractivity contribution in [1.29, 1.82) is 0 Å². The standard InChI is InChI=1S/C13H22N4O/c1-2-5-17-6-7-18-12(9-17)13(15)10-8-16-4-3-11(10)14/h3-4,8,12-13H,2,5-7,9,15H2,1H3,(H2,14,16). The third-order valence-corrected chi connectivity index (χ3v) is 3.36. The molecule has 1 aromatic rings. The molecular weight excluding hydrogens is 228 g/mol. The lowest BCUT2D eigenvalue weighted by Crippen LogP contribution is -2.47. The molecule has 100 valence electrons. The molecule has 0 bridgehead atoms. The van der Waals surface area contributed by atoms with Gasteiger partial charge >= 0.3 is 0 Å². The molecule has 0 radical (unpaired) electrons. The van der Waals surface area contributed by atoms with Crippen LogP contribution < -0.4 is 11.5 Å². The quantitative estimate of drug-likeness (QED) is 0.825. The minimum atomic E-state index is -0.210. The highest BCUT2D eigenvalue weighted by Crippen LogP contribution is 2.23. The zero-order valence-electron chi connectivity index (χ0n) is 10.9. The minimum absolute atomic E-state index is 0.00296. The molecule has 1 aromatic heterocycles. The van der Waals surface area contributed by atoms with Gasteiger partial charge in [-0.2, -0.15) is 0 Å². The fraction of sp³-hybridized carbons (Fsp3) is 0.615. The molecule has 0 saturated carbocycles. The molecule has 18 heavy (non-hydrogen) atoms. The Hall–Kier alpha value is -1.17. The smallest absolute Gasteiger partial charge is 0.0896 e. The summed E-state index contributed by atoms with van der Waals surface area (Å²) in [5.41, 5.74) is 13.8. The molecule has 1 saturated heterocycles. The maximum absolute atomic E-state index is 6.26. The van der Waals surface area contributed by atoms with Crippen molar-refractivity contribution in [3.8, 4) is 0 Å². The number of nitrogens with two attached hydrogens (primary N) is 2. The lowest BCUT2D eigenvalue weighted by atomic mass is 10.0. The van der Waals surface area contributed by atoms with Gasteiger partial charge in [-0.25, -0.2) is 0 Å². The van der Waals surface area contributed by atoms with Crippen LogP contribution in [0.2, 0.25) is 0 Å². The number of nitrogen functional groups attached to an aromatic ring is 1. The Labute approximate surface area is 108 Å². The Bertz CT molecular complexity index is 383. The number of hydrogen-bond donors (Lipinski definition) is 2. The number of anilines is 1. The van der Waals surface area contributed by atoms with Crippen molar-refractivity contribution in [2.75, 3.05) is 32.0 Å². The molecule has 2 unspecified atom stereocenters. The molecule has 4 N–H and O–H groups in total. The topological polar surface area (TPSA) is 77.4 Å². The van der Waals surface area contributed by atoms with Gasteiger partial charge in [-0.05, 0) is 19.0 Å². The average Bonchev–Trinajstić information content (AvgIpc) is 2.39. The second-order valence-corrected chi connectivity index (χ2v) is 4.74. The van der Waals surface area contributed by atoms with Gasteiger partial charge in [0.1, 0.15) is 0 Å². The average molecular weight is 250 g/mol. The Kier molecular flexibility index (Phi) is 4.52. The predicted molar refractivity (Wildman–Crippen MR) is 72.0 cm³/mol. The molecule has 1 fully saturated rings.